The number of likely N-dealkylation sites (tertiary alicyclic amines) is 1. The summed E-state index contributed by atoms with van der Waals surface area (Å²) in [6.07, 6.45) is 7.46. The zero-order chi connectivity index (χ0) is 14.7. The van der Waals surface area contributed by atoms with Gasteiger partial charge in [0.1, 0.15) is 0 Å². The fourth-order valence-electron chi connectivity index (χ4n) is 3.84. The Balaban J connectivity index is 1.72. The van der Waals surface area contributed by atoms with Gasteiger partial charge in [-0.1, -0.05) is 42.5 Å². The Morgan fingerprint density at radius 2 is 2.14 bits per heavy atom. The van der Waals surface area contributed by atoms with E-state index in [1.807, 2.05) is 6.07 Å². The third-order valence-electron chi connectivity index (χ3n) is 4.97. The van der Waals surface area contributed by atoms with Gasteiger partial charge in [0.25, 0.3) is 0 Å². The maximum absolute atomic E-state index is 12.1. The maximum Gasteiger partial charge on any atom is 0.313 e. The minimum atomic E-state index is -0.0764. The van der Waals surface area contributed by atoms with Crippen molar-refractivity contribution in [2.24, 2.45) is 11.3 Å². The van der Waals surface area contributed by atoms with Crippen molar-refractivity contribution in [3.8, 4) is 0 Å². The van der Waals surface area contributed by atoms with Crippen LogP contribution in [0.25, 0.3) is 0 Å². The minimum absolute atomic E-state index is 0.0722. The van der Waals surface area contributed by atoms with E-state index in [-0.39, 0.29) is 17.3 Å². The summed E-state index contributed by atoms with van der Waals surface area (Å²) in [5.74, 6) is -0.149. The largest absolute Gasteiger partial charge is 0.469 e. The molecule has 1 spiro atoms. The zero-order valence-corrected chi connectivity index (χ0v) is 12.6. The molecule has 0 saturated carbocycles. The van der Waals surface area contributed by atoms with E-state index in [4.69, 9.17) is 4.74 Å². The predicted molar refractivity (Wildman–Crippen MR) is 82.6 cm³/mol. The Labute approximate surface area is 126 Å². The molecule has 0 bridgehead atoms. The van der Waals surface area contributed by atoms with Crippen molar-refractivity contribution < 1.29 is 9.53 Å². The molecule has 1 heterocycles. The van der Waals surface area contributed by atoms with Gasteiger partial charge in [-0.05, 0) is 31.4 Å². The van der Waals surface area contributed by atoms with Gasteiger partial charge >= 0.3 is 5.97 Å². The average Bonchev–Trinajstić information content (AvgIpc) is 2.91. The van der Waals surface area contributed by atoms with Crippen LogP contribution in [0.3, 0.4) is 0 Å². The van der Waals surface area contributed by atoms with Crippen molar-refractivity contribution in [1.29, 1.82) is 0 Å². The van der Waals surface area contributed by atoms with Gasteiger partial charge in [0.15, 0.2) is 0 Å². The number of nitrogens with zero attached hydrogens (tertiary/aromatic N) is 1. The van der Waals surface area contributed by atoms with Gasteiger partial charge in [-0.2, -0.15) is 0 Å². The van der Waals surface area contributed by atoms with Crippen LogP contribution in [-0.4, -0.2) is 31.1 Å². The molecule has 3 rings (SSSR count). The number of carbonyl (C=O) groups is 1. The number of hydrogen-bond acceptors (Lipinski definition) is 3. The van der Waals surface area contributed by atoms with E-state index in [2.05, 4.69) is 41.3 Å². The first-order valence-corrected chi connectivity index (χ1v) is 7.74. The van der Waals surface area contributed by atoms with Crippen LogP contribution in [0.1, 0.15) is 24.8 Å². The first-order valence-electron chi connectivity index (χ1n) is 7.74. The van der Waals surface area contributed by atoms with E-state index < -0.39 is 0 Å². The molecule has 1 aromatic rings. The molecule has 1 aliphatic heterocycles. The highest BCUT2D eigenvalue weighted by Gasteiger charge is 2.47. The van der Waals surface area contributed by atoms with Crippen molar-refractivity contribution in [3.05, 3.63) is 48.0 Å². The molecular formula is C18H23NO2. The molecular weight excluding hydrogens is 262 g/mol. The summed E-state index contributed by atoms with van der Waals surface area (Å²) >= 11 is 0. The summed E-state index contributed by atoms with van der Waals surface area (Å²) in [5, 5.41) is 0. The second-order valence-corrected chi connectivity index (χ2v) is 6.28. The smallest absolute Gasteiger partial charge is 0.313 e. The second kappa shape index (κ2) is 6.02. The van der Waals surface area contributed by atoms with E-state index >= 15 is 0 Å². The lowest BCUT2D eigenvalue weighted by Gasteiger charge is -2.36. The first kappa shape index (κ1) is 14.3. The highest BCUT2D eigenvalue weighted by atomic mass is 16.5. The molecule has 0 amide bonds. The molecule has 0 unspecified atom stereocenters. The molecule has 3 nitrogen and oxygen atoms in total. The Morgan fingerprint density at radius 1 is 1.33 bits per heavy atom. The zero-order valence-electron chi connectivity index (χ0n) is 12.6. The van der Waals surface area contributed by atoms with Gasteiger partial charge in [0.2, 0.25) is 0 Å². The van der Waals surface area contributed by atoms with Crippen molar-refractivity contribution in [2.45, 2.75) is 25.8 Å². The van der Waals surface area contributed by atoms with Crippen LogP contribution in [0.2, 0.25) is 0 Å². The SMILES string of the molecule is COC(=O)[C@H]1C=CCC[C@]12CCN(Cc1ccccc1)C2. The molecule has 2 atom stereocenters. The van der Waals surface area contributed by atoms with Gasteiger partial charge in [-0.25, -0.2) is 0 Å². The van der Waals surface area contributed by atoms with Gasteiger partial charge in [-0.15, -0.1) is 0 Å². The van der Waals surface area contributed by atoms with Crippen LogP contribution in [0.5, 0.6) is 0 Å². The number of carbonyl (C=O) groups excluding carboxylic acids is 1. The molecule has 0 aromatic heterocycles. The lowest BCUT2D eigenvalue weighted by atomic mass is 9.68. The van der Waals surface area contributed by atoms with Gasteiger partial charge in [0.05, 0.1) is 13.0 Å². The molecule has 0 radical (unpaired) electrons. The fourth-order valence-corrected chi connectivity index (χ4v) is 3.84. The summed E-state index contributed by atoms with van der Waals surface area (Å²) in [6, 6.07) is 10.6. The quantitative estimate of drug-likeness (QED) is 0.631. The van der Waals surface area contributed by atoms with Gasteiger partial charge < -0.3 is 4.74 Å². The predicted octanol–water partition coefficient (Wildman–Crippen LogP) is 3.02. The Bertz CT molecular complexity index is 525. The van der Waals surface area contributed by atoms with Crippen molar-refractivity contribution in [1.82, 2.24) is 4.90 Å². The van der Waals surface area contributed by atoms with Gasteiger partial charge in [-0.3, -0.25) is 9.69 Å². The summed E-state index contributed by atoms with van der Waals surface area (Å²) in [4.78, 5) is 14.6. The minimum Gasteiger partial charge on any atom is -0.469 e. The topological polar surface area (TPSA) is 29.5 Å². The van der Waals surface area contributed by atoms with Crippen molar-refractivity contribution in [3.63, 3.8) is 0 Å². The van der Waals surface area contributed by atoms with Crippen LogP contribution < -0.4 is 0 Å². The third kappa shape index (κ3) is 2.88. The lowest BCUT2D eigenvalue weighted by Crippen LogP contribution is -2.39. The number of rotatable bonds is 3. The number of methoxy groups -OCH3 is 1. The first-order chi connectivity index (χ1) is 10.2. The molecule has 0 N–H and O–H groups in total. The molecule has 3 heteroatoms. The van der Waals surface area contributed by atoms with E-state index in [1.54, 1.807) is 0 Å². The van der Waals surface area contributed by atoms with E-state index in [1.165, 1.54) is 12.7 Å². The second-order valence-electron chi connectivity index (χ2n) is 6.28. The lowest BCUT2D eigenvalue weighted by molar-refractivity contribution is -0.148. The van der Waals surface area contributed by atoms with Crippen LogP contribution in [0, 0.1) is 11.3 Å². The molecule has 1 fully saturated rings. The molecule has 1 aromatic carbocycles. The monoisotopic (exact) mass is 285 g/mol. The number of benzene rings is 1. The van der Waals surface area contributed by atoms with Crippen molar-refractivity contribution in [2.75, 3.05) is 20.2 Å². The highest BCUT2D eigenvalue weighted by Crippen LogP contribution is 2.46. The fraction of sp³-hybridized carbons (Fsp3) is 0.500. The van der Waals surface area contributed by atoms with Crippen LogP contribution >= 0.6 is 0 Å². The van der Waals surface area contributed by atoms with Crippen molar-refractivity contribution >= 4 is 5.97 Å². The Morgan fingerprint density at radius 3 is 2.90 bits per heavy atom. The number of ether oxygens (including phenoxy) is 1. The third-order valence-corrected chi connectivity index (χ3v) is 4.97. The van der Waals surface area contributed by atoms with Crippen LogP contribution in [-0.2, 0) is 16.1 Å². The molecule has 2 aliphatic rings. The maximum atomic E-state index is 12.1. The summed E-state index contributed by atoms with van der Waals surface area (Å²) in [5.41, 5.74) is 1.42. The molecule has 112 valence electrons. The summed E-state index contributed by atoms with van der Waals surface area (Å²) in [7, 11) is 1.50. The Hall–Kier alpha value is -1.61. The van der Waals surface area contributed by atoms with E-state index in [0.717, 1.165) is 38.9 Å². The number of hydrogen-bond donors (Lipinski definition) is 0. The Kier molecular flexibility index (Phi) is 4.11. The number of esters is 1. The number of allylic oxidation sites excluding steroid dienone is 1. The summed E-state index contributed by atoms with van der Waals surface area (Å²) < 4.78 is 5.02. The summed E-state index contributed by atoms with van der Waals surface area (Å²) in [6.45, 7) is 3.03. The molecule has 1 saturated heterocycles. The molecule has 21 heavy (non-hydrogen) atoms. The standard InChI is InChI=1S/C18H23NO2/c1-21-17(20)16-9-5-6-10-18(16)11-12-19(14-18)13-15-7-3-2-4-8-15/h2-5,7-9,16H,6,10-14H2,1H3/t16-,18-/m1/s1. The van der Waals surface area contributed by atoms with Crippen LogP contribution in [0.4, 0.5) is 0 Å². The van der Waals surface area contributed by atoms with Crippen LogP contribution in [0.15, 0.2) is 42.5 Å². The average molecular weight is 285 g/mol. The highest BCUT2D eigenvalue weighted by molar-refractivity contribution is 5.75. The van der Waals surface area contributed by atoms with Gasteiger partial charge in [0, 0.05) is 18.5 Å². The van der Waals surface area contributed by atoms with E-state index in [0.29, 0.717) is 0 Å². The normalized spacial score (nSPS) is 28.9. The van der Waals surface area contributed by atoms with E-state index in [9.17, 15) is 4.79 Å². The molecule has 1 aliphatic carbocycles.